The lowest BCUT2D eigenvalue weighted by molar-refractivity contribution is 0.176. The molecule has 0 bridgehead atoms. The third kappa shape index (κ3) is 5.83. The molecule has 0 rings (SSSR count). The van der Waals surface area contributed by atoms with E-state index in [1.165, 1.54) is 0 Å². The summed E-state index contributed by atoms with van der Waals surface area (Å²) < 4.78 is 26.9. The molecule has 0 spiro atoms. The van der Waals surface area contributed by atoms with E-state index in [0.717, 1.165) is 0 Å². The van der Waals surface area contributed by atoms with Gasteiger partial charge in [0.25, 0.3) is 10.1 Å². The van der Waals surface area contributed by atoms with Gasteiger partial charge in [-0.25, -0.2) is 5.90 Å². The van der Waals surface area contributed by atoms with Crippen LogP contribution in [-0.2, 0) is 15.0 Å². The quantitative estimate of drug-likeness (QED) is 0.356. The molecule has 0 aromatic carbocycles. The Balaban J connectivity index is 3.60. The fraction of sp³-hybridized carbons (Fsp3) is 1.00. The summed E-state index contributed by atoms with van der Waals surface area (Å²) in [5.41, 5.74) is 0. The Labute approximate surface area is 40.8 Å². The predicted octanol–water partition coefficient (Wildman–Crippen LogP) is -1.28. The fourth-order valence-electron chi connectivity index (χ4n) is 0.0860. The standard InChI is InChI=1S/CH5NO4S/c2-6-1-7(3,4)5/h1-2H2,(H,3,4,5). The Morgan fingerprint density at radius 2 is 2.14 bits per heavy atom. The molecule has 0 saturated carbocycles. The van der Waals surface area contributed by atoms with Crippen LogP contribution in [-0.4, -0.2) is 18.9 Å². The van der Waals surface area contributed by atoms with Crippen molar-refractivity contribution in [3.63, 3.8) is 0 Å². The van der Waals surface area contributed by atoms with Crippen molar-refractivity contribution in [2.45, 2.75) is 0 Å². The maximum Gasteiger partial charge on any atom is 0.291 e. The van der Waals surface area contributed by atoms with Crippen LogP contribution in [0, 0.1) is 0 Å². The molecule has 7 heavy (non-hydrogen) atoms. The highest BCUT2D eigenvalue weighted by Crippen LogP contribution is 1.76. The average Bonchev–Trinajstić information content (AvgIpc) is 1.30. The number of hydrogen-bond donors (Lipinski definition) is 2. The zero-order valence-electron chi connectivity index (χ0n) is 3.36. The van der Waals surface area contributed by atoms with Gasteiger partial charge < -0.3 is 0 Å². The Morgan fingerprint density at radius 3 is 2.14 bits per heavy atom. The monoisotopic (exact) mass is 127 g/mol. The molecule has 0 heterocycles. The number of hydrogen-bond acceptors (Lipinski definition) is 4. The second-order valence-electron chi connectivity index (χ2n) is 0.866. The molecule has 0 amide bonds. The SMILES string of the molecule is NOCS(=O)(=O)O. The average molecular weight is 127 g/mol. The van der Waals surface area contributed by atoms with Crippen LogP contribution >= 0.6 is 0 Å². The molecule has 0 aliphatic carbocycles. The first-order valence-corrected chi connectivity index (χ1v) is 2.94. The molecule has 0 atom stereocenters. The highest BCUT2D eigenvalue weighted by Gasteiger charge is 1.99. The van der Waals surface area contributed by atoms with Crippen molar-refractivity contribution in [3.05, 3.63) is 0 Å². The first-order chi connectivity index (χ1) is 3.06. The molecule has 0 aromatic heterocycles. The van der Waals surface area contributed by atoms with E-state index in [4.69, 9.17) is 4.55 Å². The molecule has 0 radical (unpaired) electrons. The van der Waals surface area contributed by atoms with Gasteiger partial charge >= 0.3 is 0 Å². The second-order valence-corrected chi connectivity index (χ2v) is 2.27. The minimum absolute atomic E-state index is 0.854. The van der Waals surface area contributed by atoms with Crippen LogP contribution in [0.2, 0.25) is 0 Å². The van der Waals surface area contributed by atoms with Gasteiger partial charge in [0.2, 0.25) is 0 Å². The summed E-state index contributed by atoms with van der Waals surface area (Å²) in [6.07, 6.45) is 0. The molecule has 5 nitrogen and oxygen atoms in total. The molecule has 0 aromatic rings. The van der Waals surface area contributed by atoms with E-state index in [9.17, 15) is 8.42 Å². The van der Waals surface area contributed by atoms with Gasteiger partial charge in [-0.3, -0.25) is 9.39 Å². The normalized spacial score (nSPS) is 11.7. The van der Waals surface area contributed by atoms with Gasteiger partial charge in [0.1, 0.15) is 0 Å². The van der Waals surface area contributed by atoms with Gasteiger partial charge in [-0.2, -0.15) is 8.42 Å². The van der Waals surface area contributed by atoms with E-state index in [2.05, 4.69) is 10.7 Å². The van der Waals surface area contributed by atoms with Gasteiger partial charge in [0.05, 0.1) is 0 Å². The van der Waals surface area contributed by atoms with E-state index in [0.29, 0.717) is 0 Å². The zero-order valence-corrected chi connectivity index (χ0v) is 4.18. The lowest BCUT2D eigenvalue weighted by Crippen LogP contribution is -2.11. The van der Waals surface area contributed by atoms with Crippen LogP contribution in [0.25, 0.3) is 0 Å². The summed E-state index contributed by atoms with van der Waals surface area (Å²) in [5.74, 6) is 3.42. The largest absolute Gasteiger partial charge is 0.291 e. The molecular weight excluding hydrogens is 122 g/mol. The van der Waals surface area contributed by atoms with Crippen LogP contribution in [0.1, 0.15) is 0 Å². The maximum absolute atomic E-state index is 9.58. The van der Waals surface area contributed by atoms with Gasteiger partial charge in [0.15, 0.2) is 5.94 Å². The van der Waals surface area contributed by atoms with Gasteiger partial charge in [-0.05, 0) is 0 Å². The van der Waals surface area contributed by atoms with Crippen molar-refractivity contribution in [1.29, 1.82) is 0 Å². The van der Waals surface area contributed by atoms with E-state index in [1.807, 2.05) is 0 Å². The van der Waals surface area contributed by atoms with Crippen molar-refractivity contribution in [2.24, 2.45) is 5.90 Å². The number of rotatable bonds is 2. The smallest absolute Gasteiger partial charge is 0.286 e. The highest BCUT2D eigenvalue weighted by atomic mass is 32.2. The molecular formula is CH5NO4S. The predicted molar refractivity (Wildman–Crippen MR) is 21.7 cm³/mol. The lowest BCUT2D eigenvalue weighted by atomic mass is 11.7. The Bertz CT molecular complexity index is 125. The van der Waals surface area contributed by atoms with E-state index >= 15 is 0 Å². The second kappa shape index (κ2) is 2.22. The maximum atomic E-state index is 9.58. The molecule has 3 N–H and O–H groups in total. The minimum Gasteiger partial charge on any atom is -0.286 e. The number of nitrogens with two attached hydrogens (primary N) is 1. The lowest BCUT2D eigenvalue weighted by Gasteiger charge is -1.88. The van der Waals surface area contributed by atoms with Crippen LogP contribution in [0.15, 0.2) is 0 Å². The minimum atomic E-state index is -4.02. The highest BCUT2D eigenvalue weighted by molar-refractivity contribution is 7.85. The van der Waals surface area contributed by atoms with E-state index < -0.39 is 16.1 Å². The van der Waals surface area contributed by atoms with Crippen molar-refractivity contribution >= 4 is 10.1 Å². The summed E-state index contributed by atoms with van der Waals surface area (Å²) in [5, 5.41) is 0. The first kappa shape index (κ1) is 6.83. The van der Waals surface area contributed by atoms with Crippen LogP contribution in [0.4, 0.5) is 0 Å². The van der Waals surface area contributed by atoms with Crippen molar-refractivity contribution in [3.8, 4) is 0 Å². The Kier molecular flexibility index (Phi) is 2.16. The summed E-state index contributed by atoms with van der Waals surface area (Å²) in [6.45, 7) is 0. The van der Waals surface area contributed by atoms with Crippen molar-refractivity contribution in [2.75, 3.05) is 5.94 Å². The Morgan fingerprint density at radius 1 is 1.71 bits per heavy atom. The van der Waals surface area contributed by atoms with Gasteiger partial charge in [-0.1, -0.05) is 0 Å². The summed E-state index contributed by atoms with van der Waals surface area (Å²) >= 11 is 0. The van der Waals surface area contributed by atoms with Crippen molar-refractivity contribution < 1.29 is 17.8 Å². The third-order valence-corrected chi connectivity index (χ3v) is 0.651. The Hall–Kier alpha value is -0.170. The summed E-state index contributed by atoms with van der Waals surface area (Å²) in [7, 11) is -4.02. The third-order valence-electron chi connectivity index (χ3n) is 0.217. The van der Waals surface area contributed by atoms with Crippen LogP contribution < -0.4 is 5.90 Å². The zero-order chi connectivity index (χ0) is 5.91. The molecule has 6 heteroatoms. The van der Waals surface area contributed by atoms with E-state index in [-0.39, 0.29) is 0 Å². The fourth-order valence-corrected chi connectivity index (χ4v) is 0.258. The van der Waals surface area contributed by atoms with Crippen LogP contribution in [0.5, 0.6) is 0 Å². The molecule has 0 saturated heterocycles. The summed E-state index contributed by atoms with van der Waals surface area (Å²) in [4.78, 5) is 3.57. The molecule has 0 aliphatic heterocycles. The van der Waals surface area contributed by atoms with E-state index in [1.54, 1.807) is 0 Å². The van der Waals surface area contributed by atoms with Gasteiger partial charge in [-0.15, -0.1) is 0 Å². The first-order valence-electron chi connectivity index (χ1n) is 1.33. The molecule has 0 aliphatic rings. The van der Waals surface area contributed by atoms with Gasteiger partial charge in [0, 0.05) is 0 Å². The molecule has 0 unspecified atom stereocenters. The van der Waals surface area contributed by atoms with Crippen LogP contribution in [0.3, 0.4) is 0 Å². The topological polar surface area (TPSA) is 89.6 Å². The molecule has 0 fully saturated rings. The molecule has 44 valence electrons. The van der Waals surface area contributed by atoms with Crippen molar-refractivity contribution in [1.82, 2.24) is 0 Å². The summed E-state index contributed by atoms with van der Waals surface area (Å²) in [6, 6.07) is 0.